The van der Waals surface area contributed by atoms with E-state index in [9.17, 15) is 0 Å². The van der Waals surface area contributed by atoms with Gasteiger partial charge in [0.05, 0.1) is 7.11 Å². The van der Waals surface area contributed by atoms with Crippen LogP contribution in [0.2, 0.25) is 0 Å². The van der Waals surface area contributed by atoms with Gasteiger partial charge in [-0.25, -0.2) is 0 Å². The van der Waals surface area contributed by atoms with Gasteiger partial charge in [-0.1, -0.05) is 31.5 Å². The summed E-state index contributed by atoms with van der Waals surface area (Å²) in [6, 6.07) is 9.25. The maximum atomic E-state index is 6.20. The van der Waals surface area contributed by atoms with Crippen LogP contribution < -0.4 is 10.5 Å². The molecule has 0 spiro atoms. The fraction of sp³-hybridized carbons (Fsp3) is 0.647. The lowest BCUT2D eigenvalue weighted by molar-refractivity contribution is 0.113. The van der Waals surface area contributed by atoms with Gasteiger partial charge >= 0.3 is 0 Å². The number of hydrogen-bond donors (Lipinski definition) is 1. The van der Waals surface area contributed by atoms with Crippen LogP contribution >= 0.6 is 0 Å². The number of ether oxygens (including phenoxy) is 1. The number of nitrogens with zero attached hydrogens (tertiary/aromatic N) is 1. The Morgan fingerprint density at radius 3 is 2.85 bits per heavy atom. The van der Waals surface area contributed by atoms with Gasteiger partial charge in [-0.2, -0.15) is 0 Å². The van der Waals surface area contributed by atoms with E-state index in [0.717, 1.165) is 31.7 Å². The average molecular weight is 276 g/mol. The van der Waals surface area contributed by atoms with Crippen molar-refractivity contribution in [2.75, 3.05) is 20.2 Å². The Hall–Kier alpha value is -1.06. The fourth-order valence-corrected chi connectivity index (χ4v) is 3.23. The number of hydrogen-bond acceptors (Lipinski definition) is 3. The highest BCUT2D eigenvalue weighted by Gasteiger charge is 2.28. The van der Waals surface area contributed by atoms with E-state index in [1.807, 2.05) is 12.1 Å². The molecule has 20 heavy (non-hydrogen) atoms. The Labute approximate surface area is 123 Å². The molecule has 0 aromatic heterocycles. The van der Waals surface area contributed by atoms with E-state index in [-0.39, 0.29) is 0 Å². The number of piperidine rings is 1. The van der Waals surface area contributed by atoms with Crippen LogP contribution in [0.1, 0.15) is 32.3 Å². The summed E-state index contributed by atoms with van der Waals surface area (Å²) in [5.74, 6) is 1.64. The predicted octanol–water partition coefficient (Wildman–Crippen LogP) is 2.69. The molecule has 0 amide bonds. The molecule has 3 unspecified atom stereocenters. The third-order valence-corrected chi connectivity index (χ3v) is 4.68. The standard InChI is InChI=1S/C17H28N2O/c1-4-14-12-19(10-9-16(14)18)13(2)11-15-7-5-6-8-17(15)20-3/h5-8,13-14,16H,4,9-12,18H2,1-3H3. The van der Waals surface area contributed by atoms with Crippen LogP contribution in [0.5, 0.6) is 5.75 Å². The van der Waals surface area contributed by atoms with E-state index in [0.29, 0.717) is 18.0 Å². The summed E-state index contributed by atoms with van der Waals surface area (Å²) in [6.45, 7) is 6.82. The highest BCUT2D eigenvalue weighted by molar-refractivity contribution is 5.33. The minimum atomic E-state index is 0.384. The van der Waals surface area contributed by atoms with Gasteiger partial charge in [-0.05, 0) is 43.9 Å². The van der Waals surface area contributed by atoms with Gasteiger partial charge < -0.3 is 10.5 Å². The van der Waals surface area contributed by atoms with Gasteiger partial charge in [-0.3, -0.25) is 4.90 Å². The molecule has 0 bridgehead atoms. The normalized spacial score (nSPS) is 25.4. The van der Waals surface area contributed by atoms with Crippen LogP contribution in [0.4, 0.5) is 0 Å². The van der Waals surface area contributed by atoms with Crippen molar-refractivity contribution >= 4 is 0 Å². The van der Waals surface area contributed by atoms with Crippen molar-refractivity contribution in [3.63, 3.8) is 0 Å². The topological polar surface area (TPSA) is 38.5 Å². The van der Waals surface area contributed by atoms with Gasteiger partial charge in [0, 0.05) is 18.6 Å². The number of benzene rings is 1. The van der Waals surface area contributed by atoms with Crippen LogP contribution in [0, 0.1) is 5.92 Å². The molecule has 0 saturated carbocycles. The second-order valence-corrected chi connectivity index (χ2v) is 5.98. The fourth-order valence-electron chi connectivity index (χ4n) is 3.23. The van der Waals surface area contributed by atoms with Gasteiger partial charge in [0.15, 0.2) is 0 Å². The Bertz CT molecular complexity index is 421. The van der Waals surface area contributed by atoms with Gasteiger partial charge in [0.2, 0.25) is 0 Å². The molecule has 1 aliphatic heterocycles. The molecule has 1 fully saturated rings. The Morgan fingerprint density at radius 1 is 1.40 bits per heavy atom. The van der Waals surface area contributed by atoms with Crippen molar-refractivity contribution in [1.82, 2.24) is 4.90 Å². The minimum absolute atomic E-state index is 0.384. The van der Waals surface area contributed by atoms with Gasteiger partial charge in [0.25, 0.3) is 0 Å². The predicted molar refractivity (Wildman–Crippen MR) is 84.1 cm³/mol. The van der Waals surface area contributed by atoms with Crippen molar-refractivity contribution in [2.45, 2.75) is 45.2 Å². The van der Waals surface area contributed by atoms with Crippen molar-refractivity contribution in [3.05, 3.63) is 29.8 Å². The quantitative estimate of drug-likeness (QED) is 0.898. The number of likely N-dealkylation sites (tertiary alicyclic amines) is 1. The summed E-state index contributed by atoms with van der Waals surface area (Å²) in [6.07, 6.45) is 3.34. The number of methoxy groups -OCH3 is 1. The second-order valence-electron chi connectivity index (χ2n) is 5.98. The average Bonchev–Trinajstić information content (AvgIpc) is 2.48. The SMILES string of the molecule is CCC1CN(C(C)Cc2ccccc2OC)CCC1N. The lowest BCUT2D eigenvalue weighted by Gasteiger charge is -2.40. The van der Waals surface area contributed by atoms with Crippen LogP contribution in [-0.2, 0) is 6.42 Å². The largest absolute Gasteiger partial charge is 0.496 e. The first-order valence-electron chi connectivity index (χ1n) is 7.77. The summed E-state index contributed by atoms with van der Waals surface area (Å²) in [5.41, 5.74) is 7.50. The monoisotopic (exact) mass is 276 g/mol. The summed E-state index contributed by atoms with van der Waals surface area (Å²) < 4.78 is 5.45. The first kappa shape index (κ1) is 15.3. The molecule has 1 aromatic carbocycles. The molecule has 1 heterocycles. The van der Waals surface area contributed by atoms with Crippen molar-refractivity contribution < 1.29 is 4.74 Å². The van der Waals surface area contributed by atoms with Crippen molar-refractivity contribution in [1.29, 1.82) is 0 Å². The lowest BCUT2D eigenvalue weighted by Crippen LogP contribution is -2.50. The summed E-state index contributed by atoms with van der Waals surface area (Å²) >= 11 is 0. The zero-order valence-electron chi connectivity index (χ0n) is 13.0. The molecule has 3 heteroatoms. The Balaban J connectivity index is 1.99. The summed E-state index contributed by atoms with van der Waals surface area (Å²) in [7, 11) is 1.75. The van der Waals surface area contributed by atoms with E-state index in [1.54, 1.807) is 7.11 Å². The van der Waals surface area contributed by atoms with Crippen LogP contribution in [0.15, 0.2) is 24.3 Å². The molecule has 2 N–H and O–H groups in total. The van der Waals surface area contributed by atoms with E-state index in [4.69, 9.17) is 10.5 Å². The first-order chi connectivity index (χ1) is 9.65. The van der Waals surface area contributed by atoms with Crippen molar-refractivity contribution in [2.24, 2.45) is 11.7 Å². The molecular formula is C17H28N2O. The highest BCUT2D eigenvalue weighted by Crippen LogP contribution is 2.24. The van der Waals surface area contributed by atoms with Crippen LogP contribution in [0.25, 0.3) is 0 Å². The number of para-hydroxylation sites is 1. The van der Waals surface area contributed by atoms with Gasteiger partial charge in [-0.15, -0.1) is 0 Å². The van der Waals surface area contributed by atoms with Crippen LogP contribution in [0.3, 0.4) is 0 Å². The van der Waals surface area contributed by atoms with E-state index >= 15 is 0 Å². The molecule has 1 aromatic rings. The van der Waals surface area contributed by atoms with Gasteiger partial charge in [0.1, 0.15) is 5.75 Å². The molecule has 1 aliphatic rings. The third-order valence-electron chi connectivity index (χ3n) is 4.68. The third kappa shape index (κ3) is 3.53. The number of nitrogens with two attached hydrogens (primary N) is 1. The molecule has 112 valence electrons. The zero-order chi connectivity index (χ0) is 14.5. The molecule has 2 rings (SSSR count). The van der Waals surface area contributed by atoms with E-state index < -0.39 is 0 Å². The Morgan fingerprint density at radius 2 is 2.15 bits per heavy atom. The molecular weight excluding hydrogens is 248 g/mol. The summed E-state index contributed by atoms with van der Waals surface area (Å²) in [5, 5.41) is 0. The first-order valence-corrected chi connectivity index (χ1v) is 7.77. The molecule has 1 saturated heterocycles. The smallest absolute Gasteiger partial charge is 0.122 e. The minimum Gasteiger partial charge on any atom is -0.496 e. The van der Waals surface area contributed by atoms with E-state index in [2.05, 4.69) is 30.9 Å². The lowest BCUT2D eigenvalue weighted by atomic mass is 9.89. The maximum absolute atomic E-state index is 6.20. The van der Waals surface area contributed by atoms with E-state index in [1.165, 1.54) is 12.0 Å². The molecule has 0 aliphatic carbocycles. The molecule has 3 nitrogen and oxygen atoms in total. The maximum Gasteiger partial charge on any atom is 0.122 e. The van der Waals surface area contributed by atoms with Crippen LogP contribution in [-0.4, -0.2) is 37.2 Å². The van der Waals surface area contributed by atoms with Crippen molar-refractivity contribution in [3.8, 4) is 5.75 Å². The molecule has 0 radical (unpaired) electrons. The summed E-state index contributed by atoms with van der Waals surface area (Å²) in [4.78, 5) is 2.59. The highest BCUT2D eigenvalue weighted by atomic mass is 16.5. The Kier molecular flexibility index (Phi) is 5.44. The number of rotatable bonds is 5. The molecule has 3 atom stereocenters. The zero-order valence-corrected chi connectivity index (χ0v) is 13.0. The second kappa shape index (κ2) is 7.09.